The molecule has 4 bridgehead atoms. The van der Waals surface area contributed by atoms with Crippen LogP contribution >= 0.6 is 0 Å². The van der Waals surface area contributed by atoms with E-state index < -0.39 is 0 Å². The van der Waals surface area contributed by atoms with Crippen LogP contribution in [0.15, 0.2) is 11.6 Å². The fourth-order valence-electron chi connectivity index (χ4n) is 4.75. The van der Waals surface area contributed by atoms with Gasteiger partial charge in [-0.1, -0.05) is 37.8 Å². The molecule has 0 aromatic carbocycles. The zero-order valence-electron chi connectivity index (χ0n) is 11.9. The Morgan fingerprint density at radius 3 is 3.00 bits per heavy atom. The predicted molar refractivity (Wildman–Crippen MR) is 75.5 cm³/mol. The highest BCUT2D eigenvalue weighted by atomic mass is 16.5. The maximum Gasteiger partial charge on any atom is 0.0525 e. The Morgan fingerprint density at radius 2 is 2.22 bits per heavy atom. The van der Waals surface area contributed by atoms with Gasteiger partial charge in [0.15, 0.2) is 0 Å². The first-order valence-corrected chi connectivity index (χ1v) is 8.07. The molecule has 0 heterocycles. The second kappa shape index (κ2) is 5.36. The van der Waals surface area contributed by atoms with Gasteiger partial charge in [0, 0.05) is 6.61 Å². The Balaban J connectivity index is 1.44. The van der Waals surface area contributed by atoms with Gasteiger partial charge in [-0.25, -0.2) is 0 Å². The van der Waals surface area contributed by atoms with Crippen molar-refractivity contribution in [2.75, 3.05) is 13.2 Å². The van der Waals surface area contributed by atoms with Crippen molar-refractivity contribution in [3.63, 3.8) is 0 Å². The first-order valence-electron chi connectivity index (χ1n) is 8.07. The van der Waals surface area contributed by atoms with Gasteiger partial charge in [-0.05, 0) is 55.8 Å². The number of allylic oxidation sites excluding steroid dienone is 2. The highest BCUT2D eigenvalue weighted by Crippen LogP contribution is 2.57. The second-order valence-electron chi connectivity index (χ2n) is 7.09. The topological polar surface area (TPSA) is 9.23 Å². The summed E-state index contributed by atoms with van der Waals surface area (Å²) in [5.74, 6) is 1.91. The quantitative estimate of drug-likeness (QED) is 0.468. The molecule has 4 aliphatic rings. The molecule has 1 heteroatoms. The van der Waals surface area contributed by atoms with Gasteiger partial charge in [-0.3, -0.25) is 0 Å². The average Bonchev–Trinajstić information content (AvgIpc) is 2.32. The summed E-state index contributed by atoms with van der Waals surface area (Å²) in [6.07, 6.45) is 15.0. The molecule has 0 aromatic rings. The van der Waals surface area contributed by atoms with Crippen LogP contribution in [0.3, 0.4) is 0 Å². The third-order valence-electron chi connectivity index (χ3n) is 5.23. The van der Waals surface area contributed by atoms with Gasteiger partial charge in [0.2, 0.25) is 0 Å². The molecule has 2 fully saturated rings. The molecule has 1 nitrogen and oxygen atoms in total. The Labute approximate surface area is 112 Å². The molecule has 0 spiro atoms. The molecule has 2 unspecified atom stereocenters. The molecule has 4 aliphatic carbocycles. The normalized spacial score (nSPS) is 37.1. The maximum atomic E-state index is 6.04. The lowest BCUT2D eigenvalue weighted by molar-refractivity contribution is -0.0269. The van der Waals surface area contributed by atoms with Crippen molar-refractivity contribution < 1.29 is 4.74 Å². The molecule has 0 saturated heterocycles. The van der Waals surface area contributed by atoms with E-state index in [2.05, 4.69) is 13.0 Å². The standard InChI is InChI=1S/C17H28O/c1-2-3-4-5-6-18-13-17-10-14-7-15(11-17)9-16(8-14)12-17/h7,14,16H,2-6,8-13H2,1H3/t14?,16-,17?/m0/s1. The van der Waals surface area contributed by atoms with Crippen LogP contribution in [0.25, 0.3) is 0 Å². The van der Waals surface area contributed by atoms with Crippen molar-refractivity contribution in [2.45, 2.75) is 64.7 Å². The highest BCUT2D eigenvalue weighted by Gasteiger charge is 2.47. The third kappa shape index (κ3) is 2.66. The molecule has 3 atom stereocenters. The van der Waals surface area contributed by atoms with E-state index in [4.69, 9.17) is 4.74 Å². The molecule has 0 radical (unpaired) electrons. The molecule has 0 amide bonds. The molecule has 0 aliphatic heterocycles. The van der Waals surface area contributed by atoms with E-state index in [0.29, 0.717) is 5.41 Å². The molecule has 2 saturated carbocycles. The number of unbranched alkanes of at least 4 members (excludes halogenated alkanes) is 3. The van der Waals surface area contributed by atoms with Crippen LogP contribution in [-0.4, -0.2) is 13.2 Å². The molecule has 102 valence electrons. The molecule has 4 rings (SSSR count). The van der Waals surface area contributed by atoms with E-state index in [1.165, 1.54) is 57.8 Å². The van der Waals surface area contributed by atoms with Crippen molar-refractivity contribution in [2.24, 2.45) is 17.3 Å². The first kappa shape index (κ1) is 12.7. The van der Waals surface area contributed by atoms with Crippen molar-refractivity contribution in [3.05, 3.63) is 11.6 Å². The summed E-state index contributed by atoms with van der Waals surface area (Å²) in [6, 6.07) is 0. The second-order valence-corrected chi connectivity index (χ2v) is 7.09. The minimum Gasteiger partial charge on any atom is -0.381 e. The largest absolute Gasteiger partial charge is 0.381 e. The van der Waals surface area contributed by atoms with E-state index in [0.717, 1.165) is 25.0 Å². The van der Waals surface area contributed by atoms with Crippen LogP contribution in [0.4, 0.5) is 0 Å². The van der Waals surface area contributed by atoms with Crippen LogP contribution in [-0.2, 0) is 4.74 Å². The van der Waals surface area contributed by atoms with E-state index in [1.54, 1.807) is 5.57 Å². The Hall–Kier alpha value is -0.300. The van der Waals surface area contributed by atoms with Gasteiger partial charge in [-0.2, -0.15) is 0 Å². The Morgan fingerprint density at radius 1 is 1.28 bits per heavy atom. The number of hydrogen-bond acceptors (Lipinski definition) is 1. The number of rotatable bonds is 7. The third-order valence-corrected chi connectivity index (χ3v) is 5.23. The molecular weight excluding hydrogens is 220 g/mol. The van der Waals surface area contributed by atoms with Gasteiger partial charge in [0.1, 0.15) is 0 Å². The predicted octanol–water partition coefficient (Wildman–Crippen LogP) is 4.72. The van der Waals surface area contributed by atoms with E-state index in [9.17, 15) is 0 Å². The number of hydrogen-bond donors (Lipinski definition) is 0. The first-order chi connectivity index (χ1) is 8.80. The summed E-state index contributed by atoms with van der Waals surface area (Å²) in [7, 11) is 0. The highest BCUT2D eigenvalue weighted by molar-refractivity contribution is 5.21. The van der Waals surface area contributed by atoms with Crippen LogP contribution in [0.1, 0.15) is 64.7 Å². The summed E-state index contributed by atoms with van der Waals surface area (Å²) >= 11 is 0. The van der Waals surface area contributed by atoms with Gasteiger partial charge in [0.05, 0.1) is 6.61 Å². The maximum absolute atomic E-state index is 6.04. The summed E-state index contributed by atoms with van der Waals surface area (Å²) in [5.41, 5.74) is 2.32. The fraction of sp³-hybridized carbons (Fsp3) is 0.882. The van der Waals surface area contributed by atoms with Gasteiger partial charge < -0.3 is 4.74 Å². The fourth-order valence-corrected chi connectivity index (χ4v) is 4.75. The molecule has 18 heavy (non-hydrogen) atoms. The van der Waals surface area contributed by atoms with Crippen LogP contribution < -0.4 is 0 Å². The lowest BCUT2D eigenvalue weighted by Crippen LogP contribution is -2.43. The number of ether oxygens (including phenoxy) is 1. The van der Waals surface area contributed by atoms with Crippen LogP contribution in [0.2, 0.25) is 0 Å². The van der Waals surface area contributed by atoms with E-state index in [1.807, 2.05) is 0 Å². The van der Waals surface area contributed by atoms with Gasteiger partial charge in [0.25, 0.3) is 0 Å². The Bertz CT molecular complexity index is 320. The van der Waals surface area contributed by atoms with Gasteiger partial charge in [-0.15, -0.1) is 0 Å². The van der Waals surface area contributed by atoms with Crippen molar-refractivity contribution >= 4 is 0 Å². The van der Waals surface area contributed by atoms with Crippen LogP contribution in [0.5, 0.6) is 0 Å². The molecule has 0 N–H and O–H groups in total. The summed E-state index contributed by atoms with van der Waals surface area (Å²) < 4.78 is 6.04. The van der Waals surface area contributed by atoms with Gasteiger partial charge >= 0.3 is 0 Å². The Kier molecular flexibility index (Phi) is 3.79. The summed E-state index contributed by atoms with van der Waals surface area (Å²) in [5, 5.41) is 0. The molecule has 0 aromatic heterocycles. The zero-order valence-corrected chi connectivity index (χ0v) is 11.9. The monoisotopic (exact) mass is 248 g/mol. The molecular formula is C17H28O. The van der Waals surface area contributed by atoms with Crippen molar-refractivity contribution in [1.29, 1.82) is 0 Å². The lowest BCUT2D eigenvalue weighted by atomic mass is 9.54. The minimum absolute atomic E-state index is 0.556. The van der Waals surface area contributed by atoms with Crippen molar-refractivity contribution in [3.8, 4) is 0 Å². The summed E-state index contributed by atoms with van der Waals surface area (Å²) in [6.45, 7) is 4.31. The minimum atomic E-state index is 0.556. The van der Waals surface area contributed by atoms with Crippen LogP contribution in [0, 0.1) is 17.3 Å². The summed E-state index contributed by atoms with van der Waals surface area (Å²) in [4.78, 5) is 0. The lowest BCUT2D eigenvalue weighted by Gasteiger charge is -2.52. The van der Waals surface area contributed by atoms with Crippen molar-refractivity contribution in [1.82, 2.24) is 0 Å². The SMILES string of the molecule is CCCCCCOCC12CC3=CC(C[C@@H](C3)C1)C2. The van der Waals surface area contributed by atoms with E-state index in [-0.39, 0.29) is 0 Å². The zero-order chi connectivity index (χ0) is 12.4. The smallest absolute Gasteiger partial charge is 0.0525 e. The van der Waals surface area contributed by atoms with E-state index >= 15 is 0 Å². The average molecular weight is 248 g/mol.